The Balaban J connectivity index is 0.00000243. The first-order valence-corrected chi connectivity index (χ1v) is 9.00. The first kappa shape index (κ1) is 21.1. The smallest absolute Gasteiger partial charge is 0.195 e. The standard InChI is InChI=1S/C19H29N3O3.HI/c1-5-25-17-12-16(19(17)9-6-10-19)22-18(20-2)21-13-7-8-14(23-3)15(11-13)24-4;/h7-8,11,16-17H,5-6,9-10,12H2,1-4H3,(H2,20,21,22);1H. The van der Waals surface area contributed by atoms with Crippen LogP contribution < -0.4 is 20.1 Å². The summed E-state index contributed by atoms with van der Waals surface area (Å²) in [6, 6.07) is 6.17. The van der Waals surface area contributed by atoms with Crippen LogP contribution in [0.2, 0.25) is 0 Å². The first-order chi connectivity index (χ1) is 12.2. The molecule has 2 N–H and O–H groups in total. The topological polar surface area (TPSA) is 64.1 Å². The maximum absolute atomic E-state index is 5.92. The summed E-state index contributed by atoms with van der Waals surface area (Å²) < 4.78 is 16.6. The number of anilines is 1. The maximum Gasteiger partial charge on any atom is 0.195 e. The molecule has 1 spiro atoms. The van der Waals surface area contributed by atoms with Crippen LogP contribution >= 0.6 is 24.0 Å². The van der Waals surface area contributed by atoms with Gasteiger partial charge in [0.1, 0.15) is 0 Å². The Labute approximate surface area is 173 Å². The number of hydrogen-bond acceptors (Lipinski definition) is 4. The second-order valence-electron chi connectivity index (χ2n) is 6.73. The van der Waals surface area contributed by atoms with Gasteiger partial charge in [-0.3, -0.25) is 4.99 Å². The number of ether oxygens (including phenoxy) is 3. The molecule has 146 valence electrons. The van der Waals surface area contributed by atoms with Gasteiger partial charge >= 0.3 is 0 Å². The fraction of sp³-hybridized carbons (Fsp3) is 0.632. The zero-order valence-electron chi connectivity index (χ0n) is 16.0. The fourth-order valence-electron chi connectivity index (χ4n) is 4.01. The zero-order valence-corrected chi connectivity index (χ0v) is 18.3. The minimum atomic E-state index is 0. The van der Waals surface area contributed by atoms with E-state index in [2.05, 4.69) is 22.5 Å². The van der Waals surface area contributed by atoms with E-state index in [9.17, 15) is 0 Å². The Bertz CT molecular complexity index is 634. The van der Waals surface area contributed by atoms with Gasteiger partial charge in [0.25, 0.3) is 0 Å². The lowest BCUT2D eigenvalue weighted by Crippen LogP contribution is -2.68. The number of hydrogen-bond donors (Lipinski definition) is 2. The molecule has 3 rings (SSSR count). The van der Waals surface area contributed by atoms with Crippen molar-refractivity contribution in [2.45, 2.75) is 44.8 Å². The van der Waals surface area contributed by atoms with Crippen molar-refractivity contribution >= 4 is 35.6 Å². The summed E-state index contributed by atoms with van der Waals surface area (Å²) in [7, 11) is 5.06. The third-order valence-electron chi connectivity index (χ3n) is 5.62. The van der Waals surface area contributed by atoms with Gasteiger partial charge in [-0.2, -0.15) is 0 Å². The molecule has 0 aromatic heterocycles. The van der Waals surface area contributed by atoms with Crippen molar-refractivity contribution in [3.63, 3.8) is 0 Å². The minimum absolute atomic E-state index is 0. The predicted molar refractivity (Wildman–Crippen MR) is 115 cm³/mol. The SMILES string of the molecule is CCOC1CC(NC(=NC)Nc2ccc(OC)c(OC)c2)C12CCC2.I. The number of rotatable bonds is 6. The van der Waals surface area contributed by atoms with Crippen LogP contribution in [0.25, 0.3) is 0 Å². The van der Waals surface area contributed by atoms with Gasteiger partial charge in [0.05, 0.1) is 20.3 Å². The Morgan fingerprint density at radius 1 is 1.23 bits per heavy atom. The van der Waals surface area contributed by atoms with Gasteiger partial charge in [0.15, 0.2) is 17.5 Å². The highest BCUT2D eigenvalue weighted by Gasteiger charge is 2.59. The molecule has 2 aliphatic carbocycles. The molecule has 0 heterocycles. The molecule has 0 amide bonds. The van der Waals surface area contributed by atoms with Gasteiger partial charge in [-0.15, -0.1) is 24.0 Å². The lowest BCUT2D eigenvalue weighted by Gasteiger charge is -2.61. The largest absolute Gasteiger partial charge is 0.493 e. The monoisotopic (exact) mass is 475 g/mol. The summed E-state index contributed by atoms with van der Waals surface area (Å²) in [6.07, 6.45) is 5.21. The molecule has 0 radical (unpaired) electrons. The van der Waals surface area contributed by atoms with Crippen LogP contribution in [-0.2, 0) is 4.74 Å². The van der Waals surface area contributed by atoms with E-state index in [0.29, 0.717) is 29.1 Å². The van der Waals surface area contributed by atoms with Crippen molar-refractivity contribution in [1.82, 2.24) is 5.32 Å². The van der Waals surface area contributed by atoms with Crippen LogP contribution in [0.3, 0.4) is 0 Å². The molecule has 2 aliphatic rings. The quantitative estimate of drug-likeness (QED) is 0.374. The summed E-state index contributed by atoms with van der Waals surface area (Å²) in [5.74, 6) is 2.18. The average molecular weight is 475 g/mol. The molecular formula is C19H30IN3O3. The van der Waals surface area contributed by atoms with Crippen LogP contribution in [0.15, 0.2) is 23.2 Å². The van der Waals surface area contributed by atoms with Crippen molar-refractivity contribution < 1.29 is 14.2 Å². The Kier molecular flexibility index (Phi) is 7.40. The van der Waals surface area contributed by atoms with Crippen LogP contribution in [0, 0.1) is 5.41 Å². The van der Waals surface area contributed by atoms with Crippen molar-refractivity contribution in [1.29, 1.82) is 0 Å². The van der Waals surface area contributed by atoms with E-state index in [0.717, 1.165) is 24.7 Å². The molecule has 2 unspecified atom stereocenters. The molecule has 2 saturated carbocycles. The highest BCUT2D eigenvalue weighted by atomic mass is 127. The maximum atomic E-state index is 5.92. The van der Waals surface area contributed by atoms with Gasteiger partial charge in [0, 0.05) is 36.9 Å². The van der Waals surface area contributed by atoms with Gasteiger partial charge in [-0.05, 0) is 38.3 Å². The zero-order chi connectivity index (χ0) is 17.9. The summed E-state index contributed by atoms with van der Waals surface area (Å²) in [6.45, 7) is 2.86. The second kappa shape index (κ2) is 9.12. The van der Waals surface area contributed by atoms with E-state index in [-0.39, 0.29) is 24.0 Å². The molecule has 6 nitrogen and oxygen atoms in total. The van der Waals surface area contributed by atoms with Gasteiger partial charge in [-0.25, -0.2) is 0 Å². The number of guanidine groups is 1. The summed E-state index contributed by atoms with van der Waals surface area (Å²) in [5.41, 5.74) is 1.21. The molecule has 0 aliphatic heterocycles. The Hall–Kier alpha value is -1.22. The predicted octanol–water partition coefficient (Wildman–Crippen LogP) is 3.66. The molecule has 1 aromatic rings. The van der Waals surface area contributed by atoms with Crippen molar-refractivity contribution in [3.8, 4) is 11.5 Å². The molecule has 26 heavy (non-hydrogen) atoms. The van der Waals surface area contributed by atoms with E-state index in [4.69, 9.17) is 14.2 Å². The minimum Gasteiger partial charge on any atom is -0.493 e. The number of nitrogens with zero attached hydrogens (tertiary/aromatic N) is 1. The fourth-order valence-corrected chi connectivity index (χ4v) is 4.01. The lowest BCUT2D eigenvalue weighted by atomic mass is 9.51. The van der Waals surface area contributed by atoms with Gasteiger partial charge in [-0.1, -0.05) is 6.42 Å². The first-order valence-electron chi connectivity index (χ1n) is 9.00. The number of nitrogens with one attached hydrogen (secondary N) is 2. The average Bonchev–Trinajstić information content (AvgIpc) is 2.58. The highest BCUT2D eigenvalue weighted by molar-refractivity contribution is 14.0. The molecule has 2 fully saturated rings. The van der Waals surface area contributed by atoms with Crippen LogP contribution in [0.4, 0.5) is 5.69 Å². The number of benzene rings is 1. The molecule has 0 saturated heterocycles. The second-order valence-corrected chi connectivity index (χ2v) is 6.73. The van der Waals surface area contributed by atoms with Crippen LogP contribution in [0.1, 0.15) is 32.6 Å². The van der Waals surface area contributed by atoms with Crippen molar-refractivity contribution in [2.24, 2.45) is 10.4 Å². The Morgan fingerprint density at radius 2 is 1.96 bits per heavy atom. The molecule has 7 heteroatoms. The molecule has 2 atom stereocenters. The van der Waals surface area contributed by atoms with E-state index in [1.165, 1.54) is 19.3 Å². The normalized spacial score (nSPS) is 23.3. The van der Waals surface area contributed by atoms with Crippen molar-refractivity contribution in [2.75, 3.05) is 33.2 Å². The van der Waals surface area contributed by atoms with Crippen molar-refractivity contribution in [3.05, 3.63) is 18.2 Å². The number of methoxy groups -OCH3 is 2. The number of halogens is 1. The van der Waals surface area contributed by atoms with E-state index < -0.39 is 0 Å². The van der Waals surface area contributed by atoms with E-state index in [1.54, 1.807) is 21.3 Å². The third kappa shape index (κ3) is 3.88. The van der Waals surface area contributed by atoms with Gasteiger partial charge < -0.3 is 24.8 Å². The van der Waals surface area contributed by atoms with E-state index in [1.807, 2.05) is 18.2 Å². The lowest BCUT2D eigenvalue weighted by molar-refractivity contribution is -0.168. The molecule has 1 aromatic carbocycles. The van der Waals surface area contributed by atoms with Gasteiger partial charge in [0.2, 0.25) is 0 Å². The Morgan fingerprint density at radius 3 is 2.50 bits per heavy atom. The summed E-state index contributed by atoms with van der Waals surface area (Å²) in [5, 5.41) is 6.93. The molecular weight excluding hydrogens is 445 g/mol. The van der Waals surface area contributed by atoms with Crippen LogP contribution in [-0.4, -0.2) is 46.0 Å². The summed E-state index contributed by atoms with van der Waals surface area (Å²) >= 11 is 0. The highest BCUT2D eigenvalue weighted by Crippen LogP contribution is 2.57. The van der Waals surface area contributed by atoms with Crippen LogP contribution in [0.5, 0.6) is 11.5 Å². The molecule has 0 bridgehead atoms. The number of aliphatic imine (C=N–C) groups is 1. The third-order valence-corrected chi connectivity index (χ3v) is 5.62. The van der Waals surface area contributed by atoms with E-state index >= 15 is 0 Å². The summed E-state index contributed by atoms with van der Waals surface area (Å²) in [4.78, 5) is 4.38.